The summed E-state index contributed by atoms with van der Waals surface area (Å²) in [5, 5.41) is 10.7. The number of sulfonamides is 1. The van der Waals surface area contributed by atoms with Crippen LogP contribution in [0.15, 0.2) is 89.4 Å². The number of carbonyl (C=O) groups is 1. The molecule has 2 heterocycles. The second-order valence-electron chi connectivity index (χ2n) is 9.08. The smallest absolute Gasteiger partial charge is 0.325 e. The Labute approximate surface area is 224 Å². The third kappa shape index (κ3) is 5.26. The molecule has 4 aromatic rings. The standard InChI is InChI=1S/C27H24ClN3O4S2/c1-31(17-18-4-3-13-29-16-18)22-6-2-5-20(14-22)23-15-27(23,26(32)33)30-37(34,35)25-12-11-24(36-25)19-7-9-21(28)10-8-19/h2-14,16,23,30H,15,17H2,1H3,(H,32,33)/t23-,27+/m0/s1. The highest BCUT2D eigenvalue weighted by atomic mass is 35.5. The Morgan fingerprint density at radius 3 is 2.65 bits per heavy atom. The summed E-state index contributed by atoms with van der Waals surface area (Å²) in [6.07, 6.45) is 3.69. The molecule has 1 aliphatic carbocycles. The molecular weight excluding hydrogens is 530 g/mol. The Morgan fingerprint density at radius 1 is 1.16 bits per heavy atom. The van der Waals surface area contributed by atoms with E-state index >= 15 is 0 Å². The number of benzene rings is 2. The Balaban J connectivity index is 1.35. The molecule has 1 aliphatic rings. The molecule has 0 radical (unpaired) electrons. The SMILES string of the molecule is CN(Cc1cccnc1)c1cccc([C@@H]2C[C@]2(NS(=O)(=O)c2ccc(-c3ccc(Cl)cc3)s2)C(=O)O)c1. The van der Waals surface area contributed by atoms with Crippen LogP contribution in [0.2, 0.25) is 5.02 Å². The second kappa shape index (κ2) is 9.90. The maximum atomic E-state index is 13.2. The molecule has 2 atom stereocenters. The molecule has 10 heteroatoms. The number of rotatable bonds is 9. The number of pyridine rings is 1. The van der Waals surface area contributed by atoms with E-state index in [1.54, 1.807) is 30.6 Å². The molecule has 0 bridgehead atoms. The number of halogens is 1. The fourth-order valence-corrected chi connectivity index (χ4v) is 7.26. The van der Waals surface area contributed by atoms with E-state index < -0.39 is 27.4 Å². The normalized spacial score (nSPS) is 18.9. The van der Waals surface area contributed by atoms with Crippen molar-refractivity contribution in [2.75, 3.05) is 11.9 Å². The number of hydrogen-bond donors (Lipinski definition) is 2. The van der Waals surface area contributed by atoms with Gasteiger partial charge < -0.3 is 10.0 Å². The van der Waals surface area contributed by atoms with Crippen LogP contribution in [0, 0.1) is 0 Å². The summed E-state index contributed by atoms with van der Waals surface area (Å²) in [5.74, 6) is -1.67. The first-order valence-corrected chi connectivity index (χ1v) is 14.2. The third-order valence-corrected chi connectivity index (χ3v) is 9.88. The molecule has 2 N–H and O–H groups in total. The van der Waals surface area contributed by atoms with E-state index in [1.165, 1.54) is 6.07 Å². The quantitative estimate of drug-likeness (QED) is 0.288. The minimum Gasteiger partial charge on any atom is -0.480 e. The number of carboxylic acids is 1. The fraction of sp³-hybridized carbons (Fsp3) is 0.185. The summed E-state index contributed by atoms with van der Waals surface area (Å²) < 4.78 is 29.1. The molecule has 0 saturated heterocycles. The van der Waals surface area contributed by atoms with Gasteiger partial charge in [-0.3, -0.25) is 9.78 Å². The van der Waals surface area contributed by atoms with Crippen molar-refractivity contribution >= 4 is 44.6 Å². The summed E-state index contributed by atoms with van der Waals surface area (Å²) in [5.41, 5.74) is 1.96. The van der Waals surface area contributed by atoms with E-state index in [-0.39, 0.29) is 10.6 Å². The number of thiophene rings is 1. The van der Waals surface area contributed by atoms with Crippen LogP contribution in [0.1, 0.15) is 23.5 Å². The molecular formula is C27H24ClN3O4S2. The van der Waals surface area contributed by atoms with Gasteiger partial charge in [0.1, 0.15) is 9.75 Å². The highest BCUT2D eigenvalue weighted by molar-refractivity contribution is 7.91. The van der Waals surface area contributed by atoms with Crippen molar-refractivity contribution in [1.29, 1.82) is 0 Å². The van der Waals surface area contributed by atoms with E-state index in [9.17, 15) is 18.3 Å². The van der Waals surface area contributed by atoms with Crippen LogP contribution in [0.4, 0.5) is 5.69 Å². The summed E-state index contributed by atoms with van der Waals surface area (Å²) in [6, 6.07) is 21.7. The first-order chi connectivity index (χ1) is 17.7. The summed E-state index contributed by atoms with van der Waals surface area (Å²) >= 11 is 7.04. The minimum atomic E-state index is -4.06. The zero-order chi connectivity index (χ0) is 26.2. The molecule has 37 heavy (non-hydrogen) atoms. The van der Waals surface area contributed by atoms with Gasteiger partial charge in [0.2, 0.25) is 0 Å². The number of carboxylic acid groups (broad SMARTS) is 1. The molecule has 0 amide bonds. The monoisotopic (exact) mass is 553 g/mol. The predicted molar refractivity (Wildman–Crippen MR) is 146 cm³/mol. The van der Waals surface area contributed by atoms with Crippen LogP contribution in [-0.2, 0) is 21.4 Å². The number of nitrogens with zero attached hydrogens (tertiary/aromatic N) is 2. The van der Waals surface area contributed by atoms with Gasteiger partial charge >= 0.3 is 5.97 Å². The fourth-order valence-electron chi connectivity index (χ4n) is 4.42. The molecule has 190 valence electrons. The molecule has 0 spiro atoms. The average Bonchev–Trinajstić information content (AvgIpc) is 3.38. The van der Waals surface area contributed by atoms with Gasteiger partial charge in [-0.25, -0.2) is 8.42 Å². The summed E-state index contributed by atoms with van der Waals surface area (Å²) in [6.45, 7) is 0.632. The Hall–Kier alpha value is -3.24. The van der Waals surface area contributed by atoms with Crippen molar-refractivity contribution in [3.05, 3.63) is 101 Å². The second-order valence-corrected chi connectivity index (χ2v) is 12.5. The zero-order valence-electron chi connectivity index (χ0n) is 19.8. The van der Waals surface area contributed by atoms with Crippen LogP contribution in [0.5, 0.6) is 0 Å². The van der Waals surface area contributed by atoms with Crippen molar-refractivity contribution in [3.63, 3.8) is 0 Å². The van der Waals surface area contributed by atoms with Crippen LogP contribution in [0.3, 0.4) is 0 Å². The van der Waals surface area contributed by atoms with Gasteiger partial charge in [-0.1, -0.05) is 41.9 Å². The molecule has 5 rings (SSSR count). The molecule has 2 aromatic carbocycles. The maximum Gasteiger partial charge on any atom is 0.325 e. The summed E-state index contributed by atoms with van der Waals surface area (Å²) in [4.78, 5) is 19.3. The van der Waals surface area contributed by atoms with E-state index in [0.717, 1.165) is 38.6 Å². The number of aliphatic carboxylic acids is 1. The van der Waals surface area contributed by atoms with Crippen molar-refractivity contribution < 1.29 is 18.3 Å². The van der Waals surface area contributed by atoms with Crippen molar-refractivity contribution in [2.24, 2.45) is 0 Å². The van der Waals surface area contributed by atoms with E-state index in [4.69, 9.17) is 11.6 Å². The molecule has 0 aliphatic heterocycles. The predicted octanol–water partition coefficient (Wildman–Crippen LogP) is 5.39. The molecule has 1 saturated carbocycles. The van der Waals surface area contributed by atoms with Crippen LogP contribution in [0.25, 0.3) is 10.4 Å². The van der Waals surface area contributed by atoms with Crippen molar-refractivity contribution in [3.8, 4) is 10.4 Å². The first kappa shape index (κ1) is 25.4. The lowest BCUT2D eigenvalue weighted by molar-refractivity contribution is -0.140. The highest BCUT2D eigenvalue weighted by Crippen LogP contribution is 2.53. The number of nitrogens with one attached hydrogen (secondary N) is 1. The maximum absolute atomic E-state index is 13.2. The van der Waals surface area contributed by atoms with E-state index in [2.05, 4.69) is 9.71 Å². The first-order valence-electron chi connectivity index (χ1n) is 11.5. The van der Waals surface area contributed by atoms with Gasteiger partial charge in [0.05, 0.1) is 0 Å². The lowest BCUT2D eigenvalue weighted by Crippen LogP contribution is -2.44. The van der Waals surface area contributed by atoms with Crippen LogP contribution in [-0.4, -0.2) is 37.1 Å². The van der Waals surface area contributed by atoms with E-state index in [1.807, 2.05) is 60.5 Å². The number of aromatic nitrogens is 1. The average molecular weight is 554 g/mol. The Bertz CT molecular complexity index is 1540. The van der Waals surface area contributed by atoms with Gasteiger partial charge in [-0.2, -0.15) is 4.72 Å². The summed E-state index contributed by atoms with van der Waals surface area (Å²) in [7, 11) is -2.11. The topological polar surface area (TPSA) is 99.6 Å². The van der Waals surface area contributed by atoms with Crippen LogP contribution < -0.4 is 9.62 Å². The largest absolute Gasteiger partial charge is 0.480 e. The molecule has 7 nitrogen and oxygen atoms in total. The molecule has 2 aromatic heterocycles. The minimum absolute atomic E-state index is 0.0636. The highest BCUT2D eigenvalue weighted by Gasteiger charge is 2.63. The Morgan fingerprint density at radius 2 is 1.95 bits per heavy atom. The lowest BCUT2D eigenvalue weighted by atomic mass is 10.1. The van der Waals surface area contributed by atoms with Gasteiger partial charge in [0.15, 0.2) is 0 Å². The van der Waals surface area contributed by atoms with Gasteiger partial charge in [0.25, 0.3) is 10.0 Å². The third-order valence-electron chi connectivity index (χ3n) is 6.49. The van der Waals surface area contributed by atoms with Gasteiger partial charge in [-0.05, 0) is 65.6 Å². The lowest BCUT2D eigenvalue weighted by Gasteiger charge is -2.20. The molecule has 0 unspecified atom stereocenters. The van der Waals surface area contributed by atoms with Gasteiger partial charge in [0, 0.05) is 47.5 Å². The van der Waals surface area contributed by atoms with Crippen molar-refractivity contribution in [1.82, 2.24) is 9.71 Å². The van der Waals surface area contributed by atoms with Crippen molar-refractivity contribution in [2.45, 2.75) is 28.6 Å². The number of hydrogen-bond acceptors (Lipinski definition) is 6. The Kier molecular flexibility index (Phi) is 6.80. The zero-order valence-corrected chi connectivity index (χ0v) is 22.2. The van der Waals surface area contributed by atoms with Crippen LogP contribution >= 0.6 is 22.9 Å². The number of anilines is 1. The van der Waals surface area contributed by atoms with E-state index in [0.29, 0.717) is 11.6 Å². The molecule has 1 fully saturated rings. The van der Waals surface area contributed by atoms with Gasteiger partial charge in [-0.15, -0.1) is 11.3 Å².